The van der Waals surface area contributed by atoms with Gasteiger partial charge in [0.05, 0.1) is 31.1 Å². The molecule has 3 rings (SSSR count). The van der Waals surface area contributed by atoms with E-state index < -0.39 is 5.97 Å². The summed E-state index contributed by atoms with van der Waals surface area (Å²) >= 11 is 0. The first-order valence-corrected chi connectivity index (χ1v) is 6.26. The van der Waals surface area contributed by atoms with Crippen molar-refractivity contribution in [3.63, 3.8) is 0 Å². The lowest BCUT2D eigenvalue weighted by molar-refractivity contribution is 0.0691. The Balaban J connectivity index is 1.97. The Kier molecular flexibility index (Phi) is 3.22. The molecule has 0 amide bonds. The van der Waals surface area contributed by atoms with Crippen LogP contribution < -0.4 is 0 Å². The molecule has 0 spiro atoms. The smallest absolute Gasteiger partial charge is 0.358 e. The van der Waals surface area contributed by atoms with Crippen LogP contribution in [0.3, 0.4) is 0 Å². The third-order valence-electron chi connectivity index (χ3n) is 3.13. The van der Waals surface area contributed by atoms with Crippen LogP contribution in [0.15, 0.2) is 31.2 Å². The van der Waals surface area contributed by atoms with Gasteiger partial charge in [0, 0.05) is 26.0 Å². The third-order valence-corrected chi connectivity index (χ3v) is 3.13. The van der Waals surface area contributed by atoms with Crippen LogP contribution >= 0.6 is 0 Å². The van der Waals surface area contributed by atoms with Crippen LogP contribution in [0, 0.1) is 0 Å². The van der Waals surface area contributed by atoms with Crippen molar-refractivity contribution < 1.29 is 9.90 Å². The van der Waals surface area contributed by atoms with Gasteiger partial charge in [0.2, 0.25) is 0 Å². The molecule has 3 aromatic heterocycles. The molecule has 108 valence electrons. The molecule has 0 fully saturated rings. The lowest BCUT2D eigenvalue weighted by Crippen LogP contribution is -2.11. The molecule has 0 radical (unpaired) electrons. The minimum atomic E-state index is -1.11. The number of hydrogen-bond acceptors (Lipinski definition) is 5. The van der Waals surface area contributed by atoms with E-state index in [2.05, 4.69) is 20.3 Å². The topological polar surface area (TPSA) is 104 Å². The van der Waals surface area contributed by atoms with Gasteiger partial charge in [-0.3, -0.25) is 0 Å². The van der Waals surface area contributed by atoms with Crippen molar-refractivity contribution in [1.29, 1.82) is 0 Å². The van der Waals surface area contributed by atoms with Crippen molar-refractivity contribution >= 4 is 5.97 Å². The number of aryl methyl sites for hydroxylation is 3. The number of aromatic nitrogens is 7. The van der Waals surface area contributed by atoms with Gasteiger partial charge < -0.3 is 14.2 Å². The molecule has 0 aromatic carbocycles. The Morgan fingerprint density at radius 3 is 2.76 bits per heavy atom. The summed E-state index contributed by atoms with van der Waals surface area (Å²) in [4.78, 5) is 19.3. The summed E-state index contributed by atoms with van der Waals surface area (Å²) in [5.41, 5.74) is 1.02. The van der Waals surface area contributed by atoms with Gasteiger partial charge in [0.15, 0.2) is 5.69 Å². The maximum atomic E-state index is 11.3. The minimum Gasteiger partial charge on any atom is -0.476 e. The zero-order valence-corrected chi connectivity index (χ0v) is 11.3. The SMILES string of the molecule is Cn1cncc1-c1c(C(=O)O)nnn1CCn1ccnc1. The molecule has 0 aliphatic carbocycles. The molecular weight excluding hydrogens is 274 g/mol. The highest BCUT2D eigenvalue weighted by Gasteiger charge is 2.22. The number of carboxylic acids is 1. The Labute approximate surface area is 119 Å². The van der Waals surface area contributed by atoms with Crippen LogP contribution in [-0.2, 0) is 20.1 Å². The number of carbonyl (C=O) groups is 1. The van der Waals surface area contributed by atoms with Gasteiger partial charge in [-0.2, -0.15) is 0 Å². The van der Waals surface area contributed by atoms with Crippen LogP contribution in [0.4, 0.5) is 0 Å². The molecule has 9 nitrogen and oxygen atoms in total. The lowest BCUT2D eigenvalue weighted by Gasteiger charge is -2.08. The first kappa shape index (κ1) is 13.0. The quantitative estimate of drug-likeness (QED) is 0.722. The maximum absolute atomic E-state index is 11.3. The molecule has 21 heavy (non-hydrogen) atoms. The average Bonchev–Trinajstić information content (AvgIpc) is 3.15. The number of imidazole rings is 2. The van der Waals surface area contributed by atoms with E-state index in [0.29, 0.717) is 24.5 Å². The van der Waals surface area contributed by atoms with Gasteiger partial charge in [0.25, 0.3) is 0 Å². The fraction of sp³-hybridized carbons (Fsp3) is 0.250. The summed E-state index contributed by atoms with van der Waals surface area (Å²) in [6, 6.07) is 0. The van der Waals surface area contributed by atoms with Crippen molar-refractivity contribution in [2.24, 2.45) is 7.05 Å². The second kappa shape index (κ2) is 5.19. The van der Waals surface area contributed by atoms with Gasteiger partial charge in [-0.1, -0.05) is 5.21 Å². The second-order valence-corrected chi connectivity index (χ2v) is 4.51. The van der Waals surface area contributed by atoms with E-state index in [1.807, 2.05) is 10.8 Å². The normalized spacial score (nSPS) is 10.9. The highest BCUT2D eigenvalue weighted by atomic mass is 16.4. The van der Waals surface area contributed by atoms with Crippen molar-refractivity contribution in [2.75, 3.05) is 0 Å². The van der Waals surface area contributed by atoms with Gasteiger partial charge in [0.1, 0.15) is 5.69 Å². The monoisotopic (exact) mass is 287 g/mol. The Morgan fingerprint density at radius 1 is 1.29 bits per heavy atom. The fourth-order valence-corrected chi connectivity index (χ4v) is 2.08. The largest absolute Gasteiger partial charge is 0.476 e. The lowest BCUT2D eigenvalue weighted by atomic mass is 10.2. The molecule has 0 aliphatic rings. The number of rotatable bonds is 5. The van der Waals surface area contributed by atoms with E-state index in [4.69, 9.17) is 0 Å². The van der Waals surface area contributed by atoms with Crippen molar-refractivity contribution in [3.8, 4) is 11.4 Å². The highest BCUT2D eigenvalue weighted by molar-refractivity contribution is 5.92. The molecule has 3 aromatic rings. The number of aromatic carboxylic acids is 1. The van der Waals surface area contributed by atoms with E-state index in [0.717, 1.165) is 0 Å². The molecular formula is C12H13N7O2. The summed E-state index contributed by atoms with van der Waals surface area (Å²) in [5.74, 6) is -1.11. The fourth-order valence-electron chi connectivity index (χ4n) is 2.08. The van der Waals surface area contributed by atoms with Crippen LogP contribution in [0.5, 0.6) is 0 Å². The van der Waals surface area contributed by atoms with Crippen molar-refractivity contribution in [2.45, 2.75) is 13.1 Å². The zero-order valence-electron chi connectivity index (χ0n) is 11.3. The van der Waals surface area contributed by atoms with E-state index in [1.165, 1.54) is 0 Å². The summed E-state index contributed by atoms with van der Waals surface area (Å²) in [6.07, 6.45) is 8.41. The maximum Gasteiger partial charge on any atom is 0.358 e. The van der Waals surface area contributed by atoms with E-state index >= 15 is 0 Å². The Morgan fingerprint density at radius 2 is 2.14 bits per heavy atom. The van der Waals surface area contributed by atoms with Gasteiger partial charge in [-0.25, -0.2) is 19.4 Å². The van der Waals surface area contributed by atoms with Crippen molar-refractivity contribution in [3.05, 3.63) is 36.9 Å². The van der Waals surface area contributed by atoms with E-state index in [-0.39, 0.29) is 5.69 Å². The molecule has 9 heteroatoms. The Bertz CT molecular complexity index is 757. The highest BCUT2D eigenvalue weighted by Crippen LogP contribution is 2.21. The summed E-state index contributed by atoms with van der Waals surface area (Å²) in [5, 5.41) is 17.0. The van der Waals surface area contributed by atoms with Gasteiger partial charge >= 0.3 is 5.97 Å². The summed E-state index contributed by atoms with van der Waals surface area (Å²) in [6.45, 7) is 1.10. The molecule has 1 N–H and O–H groups in total. The van der Waals surface area contributed by atoms with Gasteiger partial charge in [-0.15, -0.1) is 5.10 Å². The van der Waals surface area contributed by atoms with Crippen LogP contribution in [0.25, 0.3) is 11.4 Å². The van der Waals surface area contributed by atoms with E-state index in [1.54, 1.807) is 41.3 Å². The number of carboxylic acid groups (broad SMARTS) is 1. The molecule has 0 saturated carbocycles. The number of nitrogens with zero attached hydrogens (tertiary/aromatic N) is 7. The molecule has 0 saturated heterocycles. The average molecular weight is 287 g/mol. The van der Waals surface area contributed by atoms with Crippen LogP contribution in [0.1, 0.15) is 10.5 Å². The first-order valence-electron chi connectivity index (χ1n) is 6.26. The Hall–Kier alpha value is -2.97. The first-order chi connectivity index (χ1) is 10.2. The standard InChI is InChI=1S/C12H13N7O2/c1-17-7-14-6-9(17)11-10(12(20)21)15-16-19(11)5-4-18-3-2-13-8-18/h2-3,6-8H,4-5H2,1H3,(H,20,21). The molecule has 0 aliphatic heterocycles. The molecule has 0 atom stereocenters. The summed E-state index contributed by atoms with van der Waals surface area (Å²) in [7, 11) is 1.79. The predicted octanol–water partition coefficient (Wildman–Crippen LogP) is 0.273. The van der Waals surface area contributed by atoms with Crippen molar-refractivity contribution in [1.82, 2.24) is 34.1 Å². The van der Waals surface area contributed by atoms with Crippen LogP contribution in [-0.4, -0.2) is 45.2 Å². The van der Waals surface area contributed by atoms with E-state index in [9.17, 15) is 9.90 Å². The van der Waals surface area contributed by atoms with Crippen LogP contribution in [0.2, 0.25) is 0 Å². The predicted molar refractivity (Wildman–Crippen MR) is 71.4 cm³/mol. The molecule has 0 bridgehead atoms. The second-order valence-electron chi connectivity index (χ2n) is 4.51. The van der Waals surface area contributed by atoms with Gasteiger partial charge in [-0.05, 0) is 0 Å². The molecule has 0 unspecified atom stereocenters. The third kappa shape index (κ3) is 2.40. The molecule has 3 heterocycles. The number of hydrogen-bond donors (Lipinski definition) is 1. The summed E-state index contributed by atoms with van der Waals surface area (Å²) < 4.78 is 5.19. The zero-order chi connectivity index (χ0) is 14.8. The minimum absolute atomic E-state index is 0.0794.